The Bertz CT molecular complexity index is 669. The summed E-state index contributed by atoms with van der Waals surface area (Å²) in [5.74, 6) is 0. The average molecular weight is 364 g/mol. The maximum atomic E-state index is 12.0. The average Bonchev–Trinajstić information content (AvgIpc) is 2.38. The van der Waals surface area contributed by atoms with Crippen LogP contribution in [0.3, 0.4) is 0 Å². The molecule has 0 bridgehead atoms. The van der Waals surface area contributed by atoms with Crippen LogP contribution in [0.4, 0.5) is 4.79 Å². The zero-order valence-electron chi connectivity index (χ0n) is 13.8. The Balaban J connectivity index is 2.69. The molecule has 1 amide bonds. The van der Waals surface area contributed by atoms with Crippen molar-refractivity contribution in [2.24, 2.45) is 0 Å². The van der Waals surface area contributed by atoms with E-state index in [9.17, 15) is 13.2 Å². The molecule has 0 spiro atoms. The van der Waals surface area contributed by atoms with Gasteiger partial charge >= 0.3 is 6.09 Å². The number of carbonyl (C=O) groups excluding carboxylic acids is 1. The lowest BCUT2D eigenvalue weighted by Gasteiger charge is -2.20. The predicted molar refractivity (Wildman–Crippen MR) is 88.5 cm³/mol. The van der Waals surface area contributed by atoms with Gasteiger partial charge in [0, 0.05) is 25.7 Å². The molecule has 0 fully saturated rings. The predicted octanol–water partition coefficient (Wildman–Crippen LogP) is 2.12. The highest BCUT2D eigenvalue weighted by Crippen LogP contribution is 2.22. The van der Waals surface area contributed by atoms with E-state index in [1.54, 1.807) is 26.8 Å². The van der Waals surface area contributed by atoms with Crippen molar-refractivity contribution in [3.05, 3.63) is 28.8 Å². The third-order valence-corrected chi connectivity index (χ3v) is 4.83. The van der Waals surface area contributed by atoms with E-state index >= 15 is 0 Å². The number of hydrogen-bond donors (Lipinski definition) is 2. The van der Waals surface area contributed by atoms with Crippen molar-refractivity contribution in [2.45, 2.75) is 37.8 Å². The summed E-state index contributed by atoms with van der Waals surface area (Å²) in [5.41, 5.74) is 5.11. The second-order valence-electron chi connectivity index (χ2n) is 6.02. The number of nitrogens with zero attached hydrogens (tertiary/aromatic N) is 1. The van der Waals surface area contributed by atoms with Crippen LogP contribution in [0.2, 0.25) is 5.02 Å². The molecule has 0 radical (unpaired) electrons. The summed E-state index contributed by atoms with van der Waals surface area (Å²) in [6, 6.07) is 4.43. The van der Waals surface area contributed by atoms with E-state index in [1.807, 2.05) is 0 Å². The quantitative estimate of drug-likeness (QED) is 0.782. The molecule has 1 aromatic carbocycles. The molecule has 1 aromatic rings. The first-order valence-electron chi connectivity index (χ1n) is 6.86. The van der Waals surface area contributed by atoms with E-state index in [1.165, 1.54) is 26.2 Å². The van der Waals surface area contributed by atoms with E-state index in [0.717, 1.165) is 4.31 Å². The minimum Gasteiger partial charge on any atom is -0.443 e. The molecule has 0 heterocycles. The van der Waals surface area contributed by atoms with E-state index in [0.29, 0.717) is 5.56 Å². The van der Waals surface area contributed by atoms with Gasteiger partial charge in [-0.3, -0.25) is 5.43 Å². The van der Waals surface area contributed by atoms with Gasteiger partial charge in [-0.15, -0.1) is 0 Å². The van der Waals surface area contributed by atoms with Crippen molar-refractivity contribution in [1.29, 1.82) is 0 Å². The molecule has 0 aromatic heterocycles. The lowest BCUT2D eigenvalue weighted by atomic mass is 10.2. The van der Waals surface area contributed by atoms with Gasteiger partial charge in [0.2, 0.25) is 10.0 Å². The third-order valence-electron chi connectivity index (χ3n) is 2.67. The van der Waals surface area contributed by atoms with Crippen LogP contribution in [0.1, 0.15) is 26.3 Å². The Kier molecular flexibility index (Phi) is 6.41. The summed E-state index contributed by atoms with van der Waals surface area (Å²) in [5, 5.41) is 0.284. The second-order valence-corrected chi connectivity index (χ2v) is 8.58. The minimum absolute atomic E-state index is 0.108. The molecule has 0 unspecified atom stereocenters. The number of carbonyl (C=O) groups is 1. The van der Waals surface area contributed by atoms with Crippen LogP contribution in [0, 0.1) is 0 Å². The maximum Gasteiger partial charge on any atom is 0.422 e. The zero-order valence-corrected chi connectivity index (χ0v) is 15.4. The van der Waals surface area contributed by atoms with E-state index in [4.69, 9.17) is 16.3 Å². The molecule has 0 aliphatic rings. The first-order chi connectivity index (χ1) is 10.4. The second kappa shape index (κ2) is 7.48. The Morgan fingerprint density at radius 2 is 1.91 bits per heavy atom. The van der Waals surface area contributed by atoms with Gasteiger partial charge in [0.05, 0.1) is 4.90 Å². The maximum absolute atomic E-state index is 12.0. The van der Waals surface area contributed by atoms with Crippen LogP contribution < -0.4 is 10.9 Å². The highest BCUT2D eigenvalue weighted by molar-refractivity contribution is 7.89. The summed E-state index contributed by atoms with van der Waals surface area (Å²) < 4.78 is 30.2. The van der Waals surface area contributed by atoms with Gasteiger partial charge in [0.25, 0.3) is 0 Å². The zero-order chi connectivity index (χ0) is 17.8. The van der Waals surface area contributed by atoms with Gasteiger partial charge < -0.3 is 4.74 Å². The summed E-state index contributed by atoms with van der Waals surface area (Å²) >= 11 is 6.09. The lowest BCUT2D eigenvalue weighted by Crippen LogP contribution is -2.40. The molecule has 0 saturated heterocycles. The fourth-order valence-corrected chi connectivity index (χ4v) is 2.80. The van der Waals surface area contributed by atoms with Gasteiger partial charge in [-0.2, -0.15) is 0 Å². The Morgan fingerprint density at radius 1 is 1.30 bits per heavy atom. The first kappa shape index (κ1) is 19.7. The topological polar surface area (TPSA) is 87.7 Å². The van der Waals surface area contributed by atoms with Gasteiger partial charge in [-0.05, 0) is 38.5 Å². The van der Waals surface area contributed by atoms with Gasteiger partial charge in [0.1, 0.15) is 5.60 Å². The molecule has 0 atom stereocenters. The summed E-state index contributed by atoms with van der Waals surface area (Å²) in [4.78, 5) is 11.6. The molecular formula is C14H22ClN3O4S. The van der Waals surface area contributed by atoms with Crippen molar-refractivity contribution in [3.63, 3.8) is 0 Å². The van der Waals surface area contributed by atoms with E-state index < -0.39 is 21.7 Å². The molecule has 1 rings (SSSR count). The van der Waals surface area contributed by atoms with Crippen molar-refractivity contribution in [3.8, 4) is 0 Å². The number of halogens is 1. The minimum atomic E-state index is -3.53. The normalized spacial score (nSPS) is 12.3. The highest BCUT2D eigenvalue weighted by Gasteiger charge is 2.19. The molecular weight excluding hydrogens is 342 g/mol. The molecule has 2 N–H and O–H groups in total. The Labute approximate surface area is 142 Å². The van der Waals surface area contributed by atoms with E-state index in [-0.39, 0.29) is 16.5 Å². The molecule has 0 saturated carbocycles. The SMILES string of the molecule is CN(C)S(=O)(=O)c1ccc(CNNC(=O)OC(C)(C)C)c(Cl)c1. The number of nitrogens with one attached hydrogen (secondary N) is 2. The van der Waals surface area contributed by atoms with Gasteiger partial charge in [-0.1, -0.05) is 17.7 Å². The number of hydrogen-bond acceptors (Lipinski definition) is 5. The smallest absolute Gasteiger partial charge is 0.422 e. The fraction of sp³-hybridized carbons (Fsp3) is 0.500. The first-order valence-corrected chi connectivity index (χ1v) is 8.68. The number of hydrazine groups is 1. The van der Waals surface area contributed by atoms with Crippen LogP contribution in [0.25, 0.3) is 0 Å². The number of rotatable bonds is 5. The number of amides is 1. The molecule has 130 valence electrons. The van der Waals surface area contributed by atoms with Crippen LogP contribution in [-0.4, -0.2) is 38.5 Å². The van der Waals surface area contributed by atoms with Crippen molar-refractivity contribution in [2.75, 3.05) is 14.1 Å². The van der Waals surface area contributed by atoms with E-state index in [2.05, 4.69) is 10.9 Å². The Morgan fingerprint density at radius 3 is 2.39 bits per heavy atom. The summed E-state index contributed by atoms with van der Waals surface area (Å²) in [6.45, 7) is 5.49. The summed E-state index contributed by atoms with van der Waals surface area (Å²) in [7, 11) is -0.636. The van der Waals surface area contributed by atoms with Crippen molar-refractivity contribution in [1.82, 2.24) is 15.2 Å². The van der Waals surface area contributed by atoms with Crippen LogP contribution in [0.5, 0.6) is 0 Å². The third kappa shape index (κ3) is 5.98. The van der Waals surface area contributed by atoms with Crippen LogP contribution in [0.15, 0.2) is 23.1 Å². The van der Waals surface area contributed by atoms with Crippen LogP contribution >= 0.6 is 11.6 Å². The lowest BCUT2D eigenvalue weighted by molar-refractivity contribution is 0.0497. The molecule has 9 heteroatoms. The molecule has 7 nitrogen and oxygen atoms in total. The number of ether oxygens (including phenoxy) is 1. The monoisotopic (exact) mass is 363 g/mol. The Hall–Kier alpha value is -1.35. The van der Waals surface area contributed by atoms with Crippen LogP contribution in [-0.2, 0) is 21.3 Å². The van der Waals surface area contributed by atoms with Gasteiger partial charge in [0.15, 0.2) is 0 Å². The molecule has 23 heavy (non-hydrogen) atoms. The fourth-order valence-electron chi connectivity index (χ4n) is 1.56. The molecule has 0 aliphatic carbocycles. The molecule has 0 aliphatic heterocycles. The standard InChI is InChI=1S/C14H22ClN3O4S/c1-14(2,3)22-13(19)17-16-9-10-6-7-11(8-12(10)15)23(20,21)18(4)5/h6-8,16H,9H2,1-5H3,(H,17,19). The number of sulfonamides is 1. The number of benzene rings is 1. The highest BCUT2D eigenvalue weighted by atomic mass is 35.5. The van der Waals surface area contributed by atoms with Gasteiger partial charge in [-0.25, -0.2) is 22.9 Å². The summed E-state index contributed by atoms with van der Waals surface area (Å²) in [6.07, 6.45) is -0.611. The largest absolute Gasteiger partial charge is 0.443 e. The van der Waals surface area contributed by atoms with Crippen molar-refractivity contribution < 1.29 is 17.9 Å². The van der Waals surface area contributed by atoms with Crippen molar-refractivity contribution >= 4 is 27.7 Å².